The van der Waals surface area contributed by atoms with Crippen molar-refractivity contribution < 1.29 is 4.79 Å². The van der Waals surface area contributed by atoms with Crippen LogP contribution in [0.15, 0.2) is 42.5 Å². The van der Waals surface area contributed by atoms with Gasteiger partial charge in [0.05, 0.1) is 0 Å². The van der Waals surface area contributed by atoms with E-state index in [9.17, 15) is 4.79 Å². The molecular weight excluding hydrogens is 379 g/mol. The lowest BCUT2D eigenvalue weighted by atomic mass is 9.93. The van der Waals surface area contributed by atoms with E-state index in [0.29, 0.717) is 10.0 Å². The van der Waals surface area contributed by atoms with E-state index in [4.69, 9.17) is 23.2 Å². The second-order valence-corrected chi connectivity index (χ2v) is 8.29. The van der Waals surface area contributed by atoms with E-state index in [1.807, 2.05) is 29.2 Å². The monoisotopic (exact) mass is 402 g/mol. The van der Waals surface area contributed by atoms with Crippen LogP contribution in [0.3, 0.4) is 0 Å². The summed E-state index contributed by atoms with van der Waals surface area (Å²) in [5.74, 6) is 0.395. The number of carbonyl (C=O) groups excluding carboxylic acids is 1. The highest BCUT2D eigenvalue weighted by molar-refractivity contribution is 6.35. The van der Waals surface area contributed by atoms with Gasteiger partial charge < -0.3 is 4.90 Å². The summed E-state index contributed by atoms with van der Waals surface area (Å²) in [5, 5.41) is 1.43. The van der Waals surface area contributed by atoms with Crippen molar-refractivity contribution in [2.75, 3.05) is 24.5 Å². The van der Waals surface area contributed by atoms with Crippen LogP contribution in [0.25, 0.3) is 0 Å². The highest BCUT2D eigenvalue weighted by Crippen LogP contribution is 2.31. The van der Waals surface area contributed by atoms with Gasteiger partial charge in [0.1, 0.15) is 0 Å². The zero-order chi connectivity index (χ0) is 18.8. The van der Waals surface area contributed by atoms with Gasteiger partial charge in [-0.3, -0.25) is 9.69 Å². The molecule has 142 valence electrons. The summed E-state index contributed by atoms with van der Waals surface area (Å²) in [6.07, 6.45) is 3.89. The number of nitrogens with zero attached hydrogens (tertiary/aromatic N) is 2. The smallest absolute Gasteiger partial charge is 0.230 e. The van der Waals surface area contributed by atoms with Gasteiger partial charge >= 0.3 is 0 Å². The minimum Gasteiger partial charge on any atom is -0.312 e. The SMILES string of the molecule is O=C(C1CCN(Cc2c(Cl)cccc2Cl)CC1)N1CCCc2ccccc21. The van der Waals surface area contributed by atoms with Crippen molar-refractivity contribution in [1.82, 2.24) is 4.90 Å². The molecule has 0 radical (unpaired) electrons. The third-order valence-corrected chi connectivity index (χ3v) is 6.46. The fourth-order valence-corrected chi connectivity index (χ4v) is 4.74. The fourth-order valence-electron chi connectivity index (χ4n) is 4.23. The molecule has 5 heteroatoms. The number of rotatable bonds is 3. The number of piperidine rings is 1. The Hall–Kier alpha value is -1.55. The third kappa shape index (κ3) is 4.01. The summed E-state index contributed by atoms with van der Waals surface area (Å²) >= 11 is 12.6. The van der Waals surface area contributed by atoms with E-state index >= 15 is 0 Å². The molecule has 0 spiro atoms. The van der Waals surface area contributed by atoms with Crippen LogP contribution < -0.4 is 4.90 Å². The number of aryl methyl sites for hydroxylation is 1. The van der Waals surface area contributed by atoms with E-state index in [0.717, 1.165) is 63.1 Å². The van der Waals surface area contributed by atoms with Crippen LogP contribution in [0.2, 0.25) is 10.0 Å². The maximum atomic E-state index is 13.2. The molecule has 4 rings (SSSR count). The van der Waals surface area contributed by atoms with Crippen LogP contribution in [0.4, 0.5) is 5.69 Å². The number of hydrogen-bond acceptors (Lipinski definition) is 2. The number of likely N-dealkylation sites (tertiary alicyclic amines) is 1. The van der Waals surface area contributed by atoms with Crippen molar-refractivity contribution in [3.63, 3.8) is 0 Å². The molecule has 0 aliphatic carbocycles. The predicted octanol–water partition coefficient (Wildman–Crippen LogP) is 5.18. The molecule has 27 heavy (non-hydrogen) atoms. The van der Waals surface area contributed by atoms with Crippen molar-refractivity contribution in [2.45, 2.75) is 32.2 Å². The van der Waals surface area contributed by atoms with E-state index < -0.39 is 0 Å². The summed E-state index contributed by atoms with van der Waals surface area (Å²) in [4.78, 5) is 17.5. The Morgan fingerprint density at radius 1 is 0.963 bits per heavy atom. The average Bonchev–Trinajstić information content (AvgIpc) is 2.70. The van der Waals surface area contributed by atoms with Gasteiger partial charge in [-0.2, -0.15) is 0 Å². The molecule has 1 fully saturated rings. The quantitative estimate of drug-likeness (QED) is 0.705. The average molecular weight is 403 g/mol. The van der Waals surface area contributed by atoms with Gasteiger partial charge in [0, 0.05) is 40.3 Å². The molecule has 0 unspecified atom stereocenters. The maximum absolute atomic E-state index is 13.2. The normalized spacial score (nSPS) is 18.4. The molecule has 0 saturated carbocycles. The lowest BCUT2D eigenvalue weighted by Gasteiger charge is -2.36. The van der Waals surface area contributed by atoms with E-state index in [1.54, 1.807) is 0 Å². The summed E-state index contributed by atoms with van der Waals surface area (Å²) in [5.41, 5.74) is 3.39. The van der Waals surface area contributed by atoms with Crippen molar-refractivity contribution in [3.05, 3.63) is 63.6 Å². The first-order chi connectivity index (χ1) is 13.1. The Kier molecular flexibility index (Phi) is 5.72. The number of anilines is 1. The molecule has 0 atom stereocenters. The van der Waals surface area contributed by atoms with Gasteiger partial charge in [-0.15, -0.1) is 0 Å². The Morgan fingerprint density at radius 3 is 2.41 bits per heavy atom. The van der Waals surface area contributed by atoms with Gasteiger partial charge in [-0.1, -0.05) is 47.5 Å². The van der Waals surface area contributed by atoms with Crippen LogP contribution in [0, 0.1) is 5.92 Å². The van der Waals surface area contributed by atoms with Crippen LogP contribution >= 0.6 is 23.2 Å². The first kappa shape index (κ1) is 18.8. The minimum absolute atomic E-state index is 0.106. The molecule has 2 aromatic rings. The summed E-state index contributed by atoms with van der Waals surface area (Å²) in [6.45, 7) is 3.37. The Bertz CT molecular complexity index is 811. The van der Waals surface area contributed by atoms with Gasteiger partial charge in [0.2, 0.25) is 5.91 Å². The lowest BCUT2D eigenvalue weighted by molar-refractivity contribution is -0.123. The zero-order valence-corrected chi connectivity index (χ0v) is 16.8. The molecule has 0 aromatic heterocycles. The van der Waals surface area contributed by atoms with Crippen molar-refractivity contribution in [2.24, 2.45) is 5.92 Å². The predicted molar refractivity (Wildman–Crippen MR) is 112 cm³/mol. The molecule has 2 aliphatic heterocycles. The number of hydrogen-bond donors (Lipinski definition) is 0. The van der Waals surface area contributed by atoms with Gasteiger partial charge in [0.25, 0.3) is 0 Å². The highest BCUT2D eigenvalue weighted by Gasteiger charge is 2.31. The number of amides is 1. The lowest BCUT2D eigenvalue weighted by Crippen LogP contribution is -2.44. The first-order valence-corrected chi connectivity index (χ1v) is 10.4. The third-order valence-electron chi connectivity index (χ3n) is 5.76. The molecule has 0 bridgehead atoms. The van der Waals surface area contributed by atoms with Crippen molar-refractivity contribution in [3.8, 4) is 0 Å². The minimum atomic E-state index is 0.106. The van der Waals surface area contributed by atoms with Gasteiger partial charge in [-0.25, -0.2) is 0 Å². The Labute approximate surface area is 170 Å². The Balaban J connectivity index is 1.39. The number of carbonyl (C=O) groups is 1. The van der Waals surface area contributed by atoms with Gasteiger partial charge in [0.15, 0.2) is 0 Å². The van der Waals surface area contributed by atoms with E-state index in [2.05, 4.69) is 23.1 Å². The second kappa shape index (κ2) is 8.22. The number of benzene rings is 2. The molecule has 2 aromatic carbocycles. The van der Waals surface area contributed by atoms with Crippen LogP contribution in [0.5, 0.6) is 0 Å². The molecular formula is C22H24Cl2N2O. The second-order valence-electron chi connectivity index (χ2n) is 7.47. The van der Waals surface area contributed by atoms with Gasteiger partial charge in [-0.05, 0) is 62.5 Å². The Morgan fingerprint density at radius 2 is 1.67 bits per heavy atom. The number of halogens is 2. The standard InChI is InChI=1S/C22H24Cl2N2O/c23-19-7-3-8-20(24)18(19)15-25-13-10-17(11-14-25)22(27)26-12-4-6-16-5-1-2-9-21(16)26/h1-3,5,7-9,17H,4,6,10-15H2. The highest BCUT2D eigenvalue weighted by atomic mass is 35.5. The largest absolute Gasteiger partial charge is 0.312 e. The molecule has 0 N–H and O–H groups in total. The molecule has 3 nitrogen and oxygen atoms in total. The number of fused-ring (bicyclic) bond motifs is 1. The zero-order valence-electron chi connectivity index (χ0n) is 15.3. The summed E-state index contributed by atoms with van der Waals surface area (Å²) < 4.78 is 0. The topological polar surface area (TPSA) is 23.6 Å². The molecule has 2 heterocycles. The summed E-state index contributed by atoms with van der Waals surface area (Å²) in [7, 11) is 0. The first-order valence-electron chi connectivity index (χ1n) is 9.68. The molecule has 1 saturated heterocycles. The maximum Gasteiger partial charge on any atom is 0.230 e. The van der Waals surface area contributed by atoms with Crippen LogP contribution in [-0.2, 0) is 17.8 Å². The fraction of sp³-hybridized carbons (Fsp3) is 0.409. The molecule has 1 amide bonds. The van der Waals surface area contributed by atoms with Crippen molar-refractivity contribution >= 4 is 34.8 Å². The van der Waals surface area contributed by atoms with E-state index in [-0.39, 0.29) is 11.8 Å². The molecule has 2 aliphatic rings. The van der Waals surface area contributed by atoms with Crippen molar-refractivity contribution in [1.29, 1.82) is 0 Å². The number of para-hydroxylation sites is 1. The van der Waals surface area contributed by atoms with Crippen LogP contribution in [-0.4, -0.2) is 30.4 Å². The summed E-state index contributed by atoms with van der Waals surface area (Å²) in [6, 6.07) is 14.0. The van der Waals surface area contributed by atoms with Crippen LogP contribution in [0.1, 0.15) is 30.4 Å². The van der Waals surface area contributed by atoms with E-state index in [1.165, 1.54) is 5.56 Å².